The number of ketones is 3. The van der Waals surface area contributed by atoms with E-state index in [0.29, 0.717) is 5.56 Å². The highest BCUT2D eigenvalue weighted by Crippen LogP contribution is 2.71. The molecule has 1 aromatic carbocycles. The van der Waals surface area contributed by atoms with Crippen LogP contribution >= 0.6 is 0 Å². The highest BCUT2D eigenvalue weighted by Gasteiger charge is 2.76. The number of Topliss-reactive ketones (excluding diaryl/α,β-unsaturated/α-hetero) is 3. The van der Waals surface area contributed by atoms with Gasteiger partial charge in [0.1, 0.15) is 22.8 Å². The number of aliphatic hydroxyl groups is 3. The summed E-state index contributed by atoms with van der Waals surface area (Å²) in [5.74, 6) is -5.81. The number of hydrogen-bond acceptors (Lipinski definition) is 7. The van der Waals surface area contributed by atoms with Crippen LogP contribution in [0.15, 0.2) is 40.9 Å². The number of allylic oxidation sites excluding steroid dienone is 2. The molecule has 35 heavy (non-hydrogen) atoms. The maximum Gasteiger partial charge on any atom is 0.209 e. The number of aromatic hydroxyl groups is 1. The lowest BCUT2D eigenvalue weighted by molar-refractivity contribution is -0.193. The van der Waals surface area contributed by atoms with Crippen LogP contribution < -0.4 is 0 Å². The summed E-state index contributed by atoms with van der Waals surface area (Å²) in [7, 11) is 0. The molecular formula is C28H34O7. The van der Waals surface area contributed by atoms with Crippen LogP contribution in [0.2, 0.25) is 0 Å². The van der Waals surface area contributed by atoms with E-state index >= 15 is 0 Å². The fraction of sp³-hybridized carbons (Fsp3) is 0.536. The first-order valence-electron chi connectivity index (χ1n) is 12.0. The maximum absolute atomic E-state index is 13.9. The Morgan fingerprint density at radius 1 is 1.03 bits per heavy atom. The zero-order chi connectivity index (χ0) is 26.6. The third kappa shape index (κ3) is 2.47. The van der Waals surface area contributed by atoms with Crippen LogP contribution in [0.5, 0.6) is 5.75 Å². The largest absolute Gasteiger partial charge is 0.511 e. The van der Waals surface area contributed by atoms with Crippen molar-refractivity contribution in [2.24, 2.45) is 28.6 Å². The fourth-order valence-electron chi connectivity index (χ4n) is 7.64. The van der Waals surface area contributed by atoms with Crippen molar-refractivity contribution in [3.63, 3.8) is 0 Å². The van der Waals surface area contributed by atoms with E-state index < -0.39 is 68.1 Å². The Labute approximate surface area is 205 Å². The minimum Gasteiger partial charge on any atom is -0.511 e. The molecule has 0 aromatic heterocycles. The molecular weight excluding hydrogens is 448 g/mol. The van der Waals surface area contributed by atoms with Gasteiger partial charge in [-0.2, -0.15) is 0 Å². The molecule has 188 valence electrons. The molecule has 0 saturated carbocycles. The summed E-state index contributed by atoms with van der Waals surface area (Å²) < 4.78 is 0. The van der Waals surface area contributed by atoms with Crippen molar-refractivity contribution >= 4 is 17.3 Å². The second-order valence-electron chi connectivity index (χ2n) is 11.7. The Kier molecular flexibility index (Phi) is 5.08. The first-order valence-corrected chi connectivity index (χ1v) is 12.0. The number of carbonyl (C=O) groups excluding carboxylic acids is 3. The van der Waals surface area contributed by atoms with Crippen molar-refractivity contribution in [2.45, 2.75) is 66.4 Å². The molecule has 3 aliphatic carbocycles. The van der Waals surface area contributed by atoms with Gasteiger partial charge in [-0.25, -0.2) is 0 Å². The number of benzene rings is 1. The molecule has 0 bridgehead atoms. The summed E-state index contributed by atoms with van der Waals surface area (Å²) in [4.78, 5) is 40.2. The number of phenolic OH excluding ortho intramolecular Hbond substituents is 1. The van der Waals surface area contributed by atoms with Gasteiger partial charge >= 0.3 is 0 Å². The Balaban J connectivity index is 2.22. The Hall–Kier alpha value is -2.93. The smallest absolute Gasteiger partial charge is 0.209 e. The van der Waals surface area contributed by atoms with Gasteiger partial charge in [-0.15, -0.1) is 0 Å². The van der Waals surface area contributed by atoms with Crippen LogP contribution in [0.4, 0.5) is 0 Å². The van der Waals surface area contributed by atoms with Gasteiger partial charge in [0, 0.05) is 27.7 Å². The summed E-state index contributed by atoms with van der Waals surface area (Å²) in [5.41, 5.74) is -6.15. The quantitative estimate of drug-likeness (QED) is 0.461. The normalized spacial score (nSPS) is 36.2. The number of fused-ring (bicyclic) bond motifs is 3. The lowest BCUT2D eigenvalue weighted by atomic mass is 9.36. The standard InChI is InChI=1S/C28H34O7/c1-12(2)19-21(31)17(13(3)29)23(33)28(35)24(34)20-22(32)18-15(10-9-11-16(18)30)25(5,6)26(20,7)14(4)27(19,28)8/h9-12,14,19,30-31,34-35H,1-8H3/t14-,19?,26-,27-,28+/m1/s1. The van der Waals surface area contributed by atoms with Crippen LogP contribution in [0.3, 0.4) is 0 Å². The van der Waals surface area contributed by atoms with E-state index in [-0.39, 0.29) is 22.8 Å². The summed E-state index contributed by atoms with van der Waals surface area (Å²) in [6, 6.07) is 4.80. The summed E-state index contributed by atoms with van der Waals surface area (Å²) in [6.45, 7) is 13.8. The van der Waals surface area contributed by atoms with Crippen molar-refractivity contribution in [3.8, 4) is 5.75 Å². The van der Waals surface area contributed by atoms with Gasteiger partial charge in [-0.1, -0.05) is 60.6 Å². The number of phenols is 1. The third-order valence-corrected chi connectivity index (χ3v) is 9.88. The van der Waals surface area contributed by atoms with Gasteiger partial charge in [0.05, 0.1) is 5.56 Å². The third-order valence-electron chi connectivity index (χ3n) is 9.88. The molecule has 3 aliphatic rings. The molecule has 1 aromatic rings. The second-order valence-corrected chi connectivity index (χ2v) is 11.7. The molecule has 0 saturated heterocycles. The zero-order valence-corrected chi connectivity index (χ0v) is 21.5. The predicted molar refractivity (Wildman–Crippen MR) is 129 cm³/mol. The van der Waals surface area contributed by atoms with Crippen LogP contribution in [0.1, 0.15) is 71.3 Å². The number of carbonyl (C=O) groups is 3. The summed E-state index contributed by atoms with van der Waals surface area (Å²) in [5, 5.41) is 45.8. The van der Waals surface area contributed by atoms with Gasteiger partial charge < -0.3 is 20.4 Å². The Bertz CT molecular complexity index is 1270. The van der Waals surface area contributed by atoms with Crippen LogP contribution in [0, 0.1) is 28.6 Å². The Morgan fingerprint density at radius 2 is 1.60 bits per heavy atom. The van der Waals surface area contributed by atoms with Gasteiger partial charge in [0.2, 0.25) is 5.78 Å². The van der Waals surface area contributed by atoms with Crippen LogP contribution in [-0.2, 0) is 15.0 Å². The maximum atomic E-state index is 13.9. The predicted octanol–water partition coefficient (Wildman–Crippen LogP) is 4.33. The van der Waals surface area contributed by atoms with Crippen molar-refractivity contribution in [3.05, 3.63) is 52.0 Å². The average Bonchev–Trinajstić information content (AvgIpc) is 2.74. The van der Waals surface area contributed by atoms with E-state index in [9.17, 15) is 34.8 Å². The molecule has 7 nitrogen and oxygen atoms in total. The lowest BCUT2D eigenvalue weighted by Gasteiger charge is -2.66. The van der Waals surface area contributed by atoms with Gasteiger partial charge in [-0.3, -0.25) is 14.4 Å². The van der Waals surface area contributed by atoms with E-state index in [1.54, 1.807) is 19.1 Å². The van der Waals surface area contributed by atoms with E-state index in [0.717, 1.165) is 6.92 Å². The highest BCUT2D eigenvalue weighted by atomic mass is 16.3. The minimum absolute atomic E-state index is 0.0183. The van der Waals surface area contributed by atoms with E-state index in [1.165, 1.54) is 6.07 Å². The van der Waals surface area contributed by atoms with E-state index in [1.807, 2.05) is 41.5 Å². The van der Waals surface area contributed by atoms with Crippen molar-refractivity contribution < 1.29 is 34.8 Å². The number of aliphatic hydroxyl groups excluding tert-OH is 2. The molecule has 4 rings (SSSR count). The zero-order valence-electron chi connectivity index (χ0n) is 21.5. The molecule has 0 radical (unpaired) electrons. The molecule has 0 fully saturated rings. The number of hydrogen-bond donors (Lipinski definition) is 4. The minimum atomic E-state index is -2.63. The van der Waals surface area contributed by atoms with Crippen LogP contribution in [-0.4, -0.2) is 43.4 Å². The van der Waals surface area contributed by atoms with E-state index in [4.69, 9.17) is 0 Å². The molecule has 0 aliphatic heterocycles. The van der Waals surface area contributed by atoms with Crippen molar-refractivity contribution in [1.82, 2.24) is 0 Å². The first-order chi connectivity index (χ1) is 15.9. The van der Waals surface area contributed by atoms with E-state index in [2.05, 4.69) is 0 Å². The van der Waals surface area contributed by atoms with Gasteiger partial charge in [-0.05, 0) is 30.4 Å². The highest BCUT2D eigenvalue weighted by molar-refractivity contribution is 6.25. The number of rotatable bonds is 2. The lowest BCUT2D eigenvalue weighted by Crippen LogP contribution is -2.72. The SMILES string of the molecule is CC(=O)C1=C(O)C(C(C)C)[C@@]2(C)[C@H](C)[C@]3(C)C(=C(O)[C@@]2(O)C1=O)C(=O)c1c(O)cccc1C3(C)C. The van der Waals surface area contributed by atoms with Gasteiger partial charge in [0.15, 0.2) is 17.2 Å². The summed E-state index contributed by atoms with van der Waals surface area (Å²) >= 11 is 0. The second kappa shape index (κ2) is 7.06. The molecule has 0 amide bonds. The molecule has 5 atom stereocenters. The van der Waals surface area contributed by atoms with Gasteiger partial charge in [0.25, 0.3) is 0 Å². The summed E-state index contributed by atoms with van der Waals surface area (Å²) in [6.07, 6.45) is 0. The topological polar surface area (TPSA) is 132 Å². The monoisotopic (exact) mass is 482 g/mol. The first kappa shape index (κ1) is 25.2. The fourth-order valence-corrected chi connectivity index (χ4v) is 7.64. The Morgan fingerprint density at radius 3 is 2.11 bits per heavy atom. The average molecular weight is 483 g/mol. The van der Waals surface area contributed by atoms with Crippen molar-refractivity contribution in [2.75, 3.05) is 0 Å². The molecule has 0 heterocycles. The molecule has 7 heteroatoms. The van der Waals surface area contributed by atoms with Crippen molar-refractivity contribution in [1.29, 1.82) is 0 Å². The molecule has 4 N–H and O–H groups in total. The molecule has 0 spiro atoms. The molecule has 1 unspecified atom stereocenters. The van der Waals surface area contributed by atoms with Crippen LogP contribution in [0.25, 0.3) is 0 Å².